The maximum absolute atomic E-state index is 13.0. The lowest BCUT2D eigenvalue weighted by atomic mass is 10.0. The van der Waals surface area contributed by atoms with Crippen molar-refractivity contribution in [3.63, 3.8) is 0 Å². The topological polar surface area (TPSA) is 67.7 Å². The van der Waals surface area contributed by atoms with Gasteiger partial charge in [0.25, 0.3) is 0 Å². The summed E-state index contributed by atoms with van der Waals surface area (Å²) in [4.78, 5) is 34.1. The minimum absolute atomic E-state index is 0.0678. The van der Waals surface area contributed by atoms with Crippen LogP contribution >= 0.6 is 0 Å². The van der Waals surface area contributed by atoms with Gasteiger partial charge in [-0.1, -0.05) is 37.3 Å². The van der Waals surface area contributed by atoms with Gasteiger partial charge in [-0.2, -0.15) is 0 Å². The van der Waals surface area contributed by atoms with E-state index in [1.165, 1.54) is 0 Å². The Morgan fingerprint density at radius 1 is 1.31 bits per heavy atom. The van der Waals surface area contributed by atoms with E-state index in [1.54, 1.807) is 6.20 Å². The molecule has 0 saturated carbocycles. The predicted octanol–water partition coefficient (Wildman–Crippen LogP) is 2.14. The lowest BCUT2D eigenvalue weighted by Crippen LogP contribution is -2.49. The van der Waals surface area contributed by atoms with Crippen LogP contribution in [0.15, 0.2) is 42.7 Å². The number of hydrogen-bond acceptors (Lipinski definition) is 4. The Morgan fingerprint density at radius 3 is 2.93 bits per heavy atom. The number of likely N-dealkylation sites (tertiary alicyclic amines) is 1. The summed E-state index contributed by atoms with van der Waals surface area (Å²) in [6, 6.07) is 9.78. The van der Waals surface area contributed by atoms with Crippen LogP contribution < -0.4 is 0 Å². The summed E-state index contributed by atoms with van der Waals surface area (Å²) < 4.78 is 8.32. The smallest absolute Gasteiger partial charge is 0.227 e. The van der Waals surface area contributed by atoms with Crippen LogP contribution in [0.3, 0.4) is 0 Å². The van der Waals surface area contributed by atoms with Gasteiger partial charge in [0.15, 0.2) is 5.72 Å². The second-order valence-electron chi connectivity index (χ2n) is 8.04. The van der Waals surface area contributed by atoms with E-state index in [0.717, 1.165) is 17.8 Å². The lowest BCUT2D eigenvalue weighted by molar-refractivity contribution is -0.141. The Bertz CT molecular complexity index is 927. The largest absolute Gasteiger partial charge is 0.351 e. The van der Waals surface area contributed by atoms with Gasteiger partial charge in [0.05, 0.1) is 25.1 Å². The highest BCUT2D eigenvalue weighted by Crippen LogP contribution is 2.51. The van der Waals surface area contributed by atoms with E-state index in [0.29, 0.717) is 39.0 Å². The third-order valence-corrected chi connectivity index (χ3v) is 6.64. The van der Waals surface area contributed by atoms with Gasteiger partial charge in [-0.25, -0.2) is 4.98 Å². The number of rotatable bonds is 5. The van der Waals surface area contributed by atoms with Crippen LogP contribution in [0.5, 0.6) is 0 Å². The minimum atomic E-state index is -0.656. The summed E-state index contributed by atoms with van der Waals surface area (Å²) in [6.07, 6.45) is 5.98. The summed E-state index contributed by atoms with van der Waals surface area (Å²) in [6.45, 7) is 3.80. The molecule has 152 valence electrons. The Kier molecular flexibility index (Phi) is 4.42. The van der Waals surface area contributed by atoms with E-state index in [4.69, 9.17) is 4.74 Å². The fourth-order valence-electron chi connectivity index (χ4n) is 5.28. The number of aromatic nitrogens is 2. The van der Waals surface area contributed by atoms with Crippen LogP contribution in [0.4, 0.5) is 0 Å². The molecule has 4 heterocycles. The number of carbonyl (C=O) groups is 2. The molecule has 1 aromatic carbocycles. The highest BCUT2D eigenvalue weighted by molar-refractivity contribution is 5.85. The highest BCUT2D eigenvalue weighted by atomic mass is 16.5. The predicted molar refractivity (Wildman–Crippen MR) is 106 cm³/mol. The van der Waals surface area contributed by atoms with Crippen molar-refractivity contribution in [3.05, 3.63) is 54.1 Å². The molecule has 2 aromatic rings. The zero-order valence-corrected chi connectivity index (χ0v) is 16.7. The molecule has 0 aliphatic carbocycles. The molecule has 3 atom stereocenters. The van der Waals surface area contributed by atoms with Crippen molar-refractivity contribution >= 4 is 11.8 Å². The molecule has 0 bridgehead atoms. The maximum atomic E-state index is 13.0. The van der Waals surface area contributed by atoms with Gasteiger partial charge in [-0.3, -0.25) is 9.59 Å². The number of benzene rings is 1. The summed E-state index contributed by atoms with van der Waals surface area (Å²) in [5, 5.41) is 0. The minimum Gasteiger partial charge on any atom is -0.351 e. The Balaban J connectivity index is 1.32. The third kappa shape index (κ3) is 2.79. The first kappa shape index (κ1) is 18.4. The molecule has 1 spiro atoms. The molecular formula is C22H26N4O3. The second-order valence-corrected chi connectivity index (χ2v) is 8.04. The van der Waals surface area contributed by atoms with Gasteiger partial charge >= 0.3 is 0 Å². The Morgan fingerprint density at radius 2 is 2.14 bits per heavy atom. The highest BCUT2D eigenvalue weighted by Gasteiger charge is 2.65. The van der Waals surface area contributed by atoms with E-state index in [-0.39, 0.29) is 23.9 Å². The number of aryl methyl sites for hydroxylation is 2. The van der Waals surface area contributed by atoms with Crippen LogP contribution in [-0.4, -0.2) is 56.1 Å². The van der Waals surface area contributed by atoms with Crippen LogP contribution in [0, 0.1) is 0 Å². The number of nitrogens with zero attached hydrogens (tertiary/aromatic N) is 4. The standard InChI is InChI=1S/C22H26N4O3/c1-2-19-23-10-13-24(19)11-8-20(27)25-12-9-22-18(25)14-21(28)26(22)17(15-29-22)16-6-4-3-5-7-16/h3-7,10,13,17-18H,2,8-9,11-12,14-15H2,1H3/t17-,18+,22-/m0/s1. The monoisotopic (exact) mass is 394 g/mol. The molecule has 3 fully saturated rings. The molecule has 3 aliphatic rings. The third-order valence-electron chi connectivity index (χ3n) is 6.64. The van der Waals surface area contributed by atoms with Gasteiger partial charge in [0.1, 0.15) is 5.82 Å². The first-order valence-electron chi connectivity index (χ1n) is 10.4. The molecule has 0 N–H and O–H groups in total. The molecule has 7 heteroatoms. The quantitative estimate of drug-likeness (QED) is 0.779. The molecule has 3 aliphatic heterocycles. The Labute approximate surface area is 170 Å². The first-order valence-corrected chi connectivity index (χ1v) is 10.4. The van der Waals surface area contributed by atoms with Gasteiger partial charge in [0.2, 0.25) is 11.8 Å². The summed E-state index contributed by atoms with van der Waals surface area (Å²) in [5.74, 6) is 1.16. The van der Waals surface area contributed by atoms with E-state index in [2.05, 4.69) is 11.9 Å². The van der Waals surface area contributed by atoms with Gasteiger partial charge in [-0.05, 0) is 5.56 Å². The molecule has 2 amide bonds. The summed E-state index contributed by atoms with van der Waals surface area (Å²) in [5.41, 5.74) is 0.437. The molecule has 1 aromatic heterocycles. The number of ether oxygens (including phenoxy) is 1. The van der Waals surface area contributed by atoms with E-state index < -0.39 is 5.72 Å². The zero-order chi connectivity index (χ0) is 20.0. The molecule has 29 heavy (non-hydrogen) atoms. The molecule has 5 rings (SSSR count). The zero-order valence-electron chi connectivity index (χ0n) is 16.7. The molecule has 3 saturated heterocycles. The number of amides is 2. The van der Waals surface area contributed by atoms with Crippen molar-refractivity contribution in [2.75, 3.05) is 13.2 Å². The number of carbonyl (C=O) groups excluding carboxylic acids is 2. The van der Waals surface area contributed by atoms with Crippen molar-refractivity contribution < 1.29 is 14.3 Å². The van der Waals surface area contributed by atoms with Gasteiger partial charge in [0, 0.05) is 44.7 Å². The molecule has 7 nitrogen and oxygen atoms in total. The van der Waals surface area contributed by atoms with E-state index in [9.17, 15) is 9.59 Å². The molecule has 0 unspecified atom stereocenters. The van der Waals surface area contributed by atoms with Crippen molar-refractivity contribution in [1.29, 1.82) is 0 Å². The summed E-state index contributed by atoms with van der Waals surface area (Å²) >= 11 is 0. The van der Waals surface area contributed by atoms with Gasteiger partial charge in [-0.15, -0.1) is 0 Å². The van der Waals surface area contributed by atoms with Crippen LogP contribution in [0.25, 0.3) is 0 Å². The maximum Gasteiger partial charge on any atom is 0.227 e. The average molecular weight is 394 g/mol. The lowest BCUT2D eigenvalue weighted by Gasteiger charge is -2.33. The van der Waals surface area contributed by atoms with Crippen molar-refractivity contribution in [2.24, 2.45) is 0 Å². The Hall–Kier alpha value is -2.67. The van der Waals surface area contributed by atoms with Crippen LogP contribution in [-0.2, 0) is 27.3 Å². The van der Waals surface area contributed by atoms with Crippen LogP contribution in [0.2, 0.25) is 0 Å². The van der Waals surface area contributed by atoms with Gasteiger partial charge < -0.3 is 19.1 Å². The van der Waals surface area contributed by atoms with Crippen molar-refractivity contribution in [2.45, 2.75) is 57.0 Å². The normalized spacial score (nSPS) is 28.1. The van der Waals surface area contributed by atoms with E-state index >= 15 is 0 Å². The fourth-order valence-corrected chi connectivity index (χ4v) is 5.28. The number of imidazole rings is 1. The van der Waals surface area contributed by atoms with Crippen molar-refractivity contribution in [1.82, 2.24) is 19.4 Å². The number of hydrogen-bond donors (Lipinski definition) is 0. The summed E-state index contributed by atoms with van der Waals surface area (Å²) in [7, 11) is 0. The molecule has 0 radical (unpaired) electrons. The van der Waals surface area contributed by atoms with Crippen molar-refractivity contribution in [3.8, 4) is 0 Å². The average Bonchev–Trinajstić information content (AvgIpc) is 3.48. The fraction of sp³-hybridized carbons (Fsp3) is 0.500. The SMILES string of the molecule is CCc1nccn1CCC(=O)N1CC[C@@]23OC[C@@H](c4ccccc4)N2C(=O)C[C@@H]13. The second kappa shape index (κ2) is 6.99. The van der Waals surface area contributed by atoms with Crippen LogP contribution in [0.1, 0.15) is 43.6 Å². The molecular weight excluding hydrogens is 368 g/mol. The first-order chi connectivity index (χ1) is 14.1. The van der Waals surface area contributed by atoms with E-state index in [1.807, 2.05) is 50.9 Å².